The number of alkyl halides is 4. The lowest BCUT2D eigenvalue weighted by Gasteiger charge is -2.14. The molecule has 9 heteroatoms. The zero-order valence-corrected chi connectivity index (χ0v) is 8.79. The summed E-state index contributed by atoms with van der Waals surface area (Å²) >= 11 is 0. The molecule has 0 fully saturated rings. The molecule has 18 heavy (non-hydrogen) atoms. The number of nitrogens with zero attached hydrogens (tertiary/aromatic N) is 1. The van der Waals surface area contributed by atoms with E-state index in [2.05, 4.69) is 9.72 Å². The molecule has 1 aromatic rings. The first-order valence-corrected chi connectivity index (χ1v) is 4.54. The van der Waals surface area contributed by atoms with E-state index in [0.29, 0.717) is 0 Å². The van der Waals surface area contributed by atoms with Crippen LogP contribution in [0, 0.1) is 0 Å². The third kappa shape index (κ3) is 3.47. The average molecular weight is 268 g/mol. The zero-order valence-electron chi connectivity index (χ0n) is 8.79. The van der Waals surface area contributed by atoms with Crippen LogP contribution in [0.2, 0.25) is 0 Å². The van der Waals surface area contributed by atoms with Crippen molar-refractivity contribution < 1.29 is 32.2 Å². The molecule has 0 aromatic carbocycles. The minimum atomic E-state index is -5.02. The summed E-state index contributed by atoms with van der Waals surface area (Å²) in [5.41, 5.74) is 4.19. The number of hydrogen-bond acceptors (Lipinski definition) is 4. The van der Waals surface area contributed by atoms with Gasteiger partial charge in [0.25, 0.3) is 0 Å². The fourth-order valence-corrected chi connectivity index (χ4v) is 1.25. The van der Waals surface area contributed by atoms with E-state index in [1.807, 2.05) is 0 Å². The maximum atomic E-state index is 12.5. The first-order valence-electron chi connectivity index (χ1n) is 4.54. The Kier molecular flexibility index (Phi) is 3.94. The van der Waals surface area contributed by atoms with Gasteiger partial charge in [0.15, 0.2) is 0 Å². The van der Waals surface area contributed by atoms with Crippen LogP contribution < -0.4 is 10.5 Å². The molecule has 3 N–H and O–H groups in total. The van der Waals surface area contributed by atoms with Crippen LogP contribution in [0.15, 0.2) is 6.20 Å². The van der Waals surface area contributed by atoms with E-state index in [0.717, 1.165) is 6.20 Å². The summed E-state index contributed by atoms with van der Waals surface area (Å²) in [6.45, 7) is -1.09. The molecule has 0 spiro atoms. The Balaban J connectivity index is 3.20. The van der Waals surface area contributed by atoms with Gasteiger partial charge in [-0.15, -0.1) is 13.2 Å². The minimum Gasteiger partial charge on any atom is -0.481 e. The van der Waals surface area contributed by atoms with E-state index in [1.165, 1.54) is 0 Å². The molecular weight excluding hydrogens is 260 g/mol. The van der Waals surface area contributed by atoms with Crippen molar-refractivity contribution in [2.24, 2.45) is 0 Å². The highest BCUT2D eigenvalue weighted by Crippen LogP contribution is 2.31. The predicted octanol–water partition coefficient (Wildman–Crippen LogP) is 1.66. The van der Waals surface area contributed by atoms with E-state index in [9.17, 15) is 22.4 Å². The van der Waals surface area contributed by atoms with Crippen LogP contribution in [-0.2, 0) is 17.9 Å². The molecule has 1 heterocycles. The van der Waals surface area contributed by atoms with E-state index < -0.39 is 37.0 Å². The standard InChI is InChI=1S/C9H8F4N2O3/c10-2-4-3-15-8(18-9(11,12)13)7(14)5(4)1-6(16)17/h3H,1-2,14H2,(H,16,17). The Labute approximate surface area is 98.2 Å². The highest BCUT2D eigenvalue weighted by molar-refractivity contribution is 5.75. The molecule has 0 unspecified atom stereocenters. The third-order valence-electron chi connectivity index (χ3n) is 1.97. The van der Waals surface area contributed by atoms with Gasteiger partial charge < -0.3 is 15.6 Å². The van der Waals surface area contributed by atoms with E-state index in [-0.39, 0.29) is 11.1 Å². The van der Waals surface area contributed by atoms with Gasteiger partial charge in [-0.3, -0.25) is 4.79 Å². The van der Waals surface area contributed by atoms with Crippen molar-refractivity contribution in [3.8, 4) is 5.88 Å². The van der Waals surface area contributed by atoms with Gasteiger partial charge in [0.05, 0.1) is 12.1 Å². The van der Waals surface area contributed by atoms with E-state index >= 15 is 0 Å². The second-order valence-corrected chi connectivity index (χ2v) is 3.23. The van der Waals surface area contributed by atoms with Gasteiger partial charge in [-0.25, -0.2) is 9.37 Å². The summed E-state index contributed by atoms with van der Waals surface area (Å²) in [6.07, 6.45) is -4.98. The lowest BCUT2D eigenvalue weighted by Crippen LogP contribution is -2.20. The van der Waals surface area contributed by atoms with Crippen molar-refractivity contribution >= 4 is 11.7 Å². The minimum absolute atomic E-state index is 0.190. The van der Waals surface area contributed by atoms with Crippen LogP contribution in [-0.4, -0.2) is 22.4 Å². The Bertz CT molecular complexity index is 462. The normalized spacial score (nSPS) is 11.3. The number of rotatable bonds is 4. The molecule has 0 aliphatic carbocycles. The lowest BCUT2D eigenvalue weighted by atomic mass is 10.1. The molecule has 5 nitrogen and oxygen atoms in total. The maximum absolute atomic E-state index is 12.5. The fraction of sp³-hybridized carbons (Fsp3) is 0.333. The van der Waals surface area contributed by atoms with Crippen LogP contribution in [0.3, 0.4) is 0 Å². The number of carboxylic acids is 1. The smallest absolute Gasteiger partial charge is 0.481 e. The highest BCUT2D eigenvalue weighted by atomic mass is 19.4. The number of aliphatic carboxylic acids is 1. The van der Waals surface area contributed by atoms with E-state index in [4.69, 9.17) is 10.8 Å². The average Bonchev–Trinajstić information content (AvgIpc) is 2.22. The first-order chi connectivity index (χ1) is 8.24. The summed E-state index contributed by atoms with van der Waals surface area (Å²) in [5, 5.41) is 8.57. The van der Waals surface area contributed by atoms with Gasteiger partial charge >= 0.3 is 12.3 Å². The second-order valence-electron chi connectivity index (χ2n) is 3.23. The molecular formula is C9H8F4N2O3. The predicted molar refractivity (Wildman–Crippen MR) is 51.5 cm³/mol. The fourth-order valence-electron chi connectivity index (χ4n) is 1.25. The number of carbonyl (C=O) groups is 1. The Morgan fingerprint density at radius 1 is 1.50 bits per heavy atom. The quantitative estimate of drug-likeness (QED) is 0.811. The molecule has 0 amide bonds. The van der Waals surface area contributed by atoms with Crippen molar-refractivity contribution in [2.45, 2.75) is 19.5 Å². The number of nitrogens with two attached hydrogens (primary N) is 1. The second kappa shape index (κ2) is 5.07. The topological polar surface area (TPSA) is 85.4 Å². The number of nitrogen functional groups attached to an aromatic ring is 1. The third-order valence-corrected chi connectivity index (χ3v) is 1.97. The number of ether oxygens (including phenoxy) is 1. The number of halogens is 4. The molecule has 1 rings (SSSR count). The Morgan fingerprint density at radius 3 is 2.56 bits per heavy atom. The monoisotopic (exact) mass is 268 g/mol. The zero-order chi connectivity index (χ0) is 13.9. The molecule has 0 saturated heterocycles. The van der Waals surface area contributed by atoms with Gasteiger partial charge in [-0.2, -0.15) is 0 Å². The first kappa shape index (κ1) is 14.0. The van der Waals surface area contributed by atoms with Crippen LogP contribution >= 0.6 is 0 Å². The summed E-state index contributed by atoms with van der Waals surface area (Å²) < 4.78 is 52.0. The van der Waals surface area contributed by atoms with Crippen molar-refractivity contribution in [1.82, 2.24) is 4.98 Å². The van der Waals surface area contributed by atoms with Gasteiger partial charge in [0.2, 0.25) is 5.88 Å². The molecule has 0 aliphatic heterocycles. The molecule has 100 valence electrons. The van der Waals surface area contributed by atoms with E-state index in [1.54, 1.807) is 0 Å². The van der Waals surface area contributed by atoms with Gasteiger partial charge in [-0.1, -0.05) is 0 Å². The number of pyridine rings is 1. The molecule has 0 radical (unpaired) electrons. The van der Waals surface area contributed by atoms with Crippen LogP contribution in [0.4, 0.5) is 23.2 Å². The molecule has 0 aliphatic rings. The Hall–Kier alpha value is -2.06. The van der Waals surface area contributed by atoms with Gasteiger partial charge in [0, 0.05) is 11.8 Å². The lowest BCUT2D eigenvalue weighted by molar-refractivity contribution is -0.275. The number of carboxylic acid groups (broad SMARTS) is 1. The summed E-state index contributed by atoms with van der Waals surface area (Å²) in [4.78, 5) is 13.7. The van der Waals surface area contributed by atoms with Crippen LogP contribution in [0.25, 0.3) is 0 Å². The summed E-state index contributed by atoms with van der Waals surface area (Å²) in [5.74, 6) is -2.35. The molecule has 0 bridgehead atoms. The van der Waals surface area contributed by atoms with Crippen LogP contribution in [0.1, 0.15) is 11.1 Å². The number of anilines is 1. The SMILES string of the molecule is Nc1c(OC(F)(F)F)ncc(CF)c1CC(=O)O. The van der Waals surface area contributed by atoms with Crippen molar-refractivity contribution in [3.05, 3.63) is 17.3 Å². The van der Waals surface area contributed by atoms with Crippen molar-refractivity contribution in [1.29, 1.82) is 0 Å². The number of hydrogen-bond donors (Lipinski definition) is 2. The van der Waals surface area contributed by atoms with Crippen molar-refractivity contribution in [2.75, 3.05) is 5.73 Å². The van der Waals surface area contributed by atoms with Crippen LogP contribution in [0.5, 0.6) is 5.88 Å². The number of aromatic nitrogens is 1. The van der Waals surface area contributed by atoms with Gasteiger partial charge in [-0.05, 0) is 5.56 Å². The Morgan fingerprint density at radius 2 is 2.11 bits per heavy atom. The molecule has 1 aromatic heterocycles. The highest BCUT2D eigenvalue weighted by Gasteiger charge is 2.33. The van der Waals surface area contributed by atoms with Gasteiger partial charge in [0.1, 0.15) is 6.67 Å². The molecule has 0 atom stereocenters. The summed E-state index contributed by atoms with van der Waals surface area (Å²) in [6, 6.07) is 0. The molecule has 0 saturated carbocycles. The maximum Gasteiger partial charge on any atom is 0.574 e. The largest absolute Gasteiger partial charge is 0.574 e. The van der Waals surface area contributed by atoms with Crippen molar-refractivity contribution in [3.63, 3.8) is 0 Å². The summed E-state index contributed by atoms with van der Waals surface area (Å²) in [7, 11) is 0.